The number of aryl methyl sites for hydroxylation is 1. The average Bonchev–Trinajstić information content (AvgIpc) is 3.67. The van der Waals surface area contributed by atoms with Crippen molar-refractivity contribution in [3.8, 4) is 11.4 Å². The first-order chi connectivity index (χ1) is 21.6. The molecule has 5 aromatic rings. The van der Waals surface area contributed by atoms with E-state index in [-0.39, 0.29) is 24.1 Å². The summed E-state index contributed by atoms with van der Waals surface area (Å²) in [6.07, 6.45) is 7.77. The van der Waals surface area contributed by atoms with Crippen LogP contribution in [0.15, 0.2) is 60.0 Å². The molecule has 5 heterocycles. The van der Waals surface area contributed by atoms with Gasteiger partial charge < -0.3 is 25.0 Å². The topological polar surface area (TPSA) is 148 Å². The second kappa shape index (κ2) is 12.6. The molecule has 1 saturated heterocycles. The average molecular weight is 652 g/mol. The minimum atomic E-state index is -3.74. The first kappa shape index (κ1) is 30.7. The third-order valence-electron chi connectivity index (χ3n) is 7.63. The monoisotopic (exact) mass is 651 g/mol. The number of anilines is 3. The molecule has 1 fully saturated rings. The van der Waals surface area contributed by atoms with Crippen LogP contribution < -0.4 is 21.1 Å². The van der Waals surface area contributed by atoms with Crippen molar-refractivity contribution in [3.63, 3.8) is 0 Å². The summed E-state index contributed by atoms with van der Waals surface area (Å²) < 4.78 is 30.7. The highest BCUT2D eigenvalue weighted by molar-refractivity contribution is 7.89. The Kier molecular flexibility index (Phi) is 8.59. The molecule has 1 aliphatic rings. The molecule has 2 N–H and O–H groups in total. The molecule has 0 atom stereocenters. The Morgan fingerprint density at radius 2 is 1.84 bits per heavy atom. The van der Waals surface area contributed by atoms with Gasteiger partial charge in [-0.15, -0.1) is 0 Å². The van der Waals surface area contributed by atoms with Gasteiger partial charge in [0.2, 0.25) is 16.0 Å². The second-order valence-corrected chi connectivity index (χ2v) is 13.4. The highest BCUT2D eigenvalue weighted by Gasteiger charge is 2.22. The van der Waals surface area contributed by atoms with Gasteiger partial charge in [0.25, 0.3) is 5.56 Å². The predicted octanol–water partition coefficient (Wildman–Crippen LogP) is 1.98. The van der Waals surface area contributed by atoms with Crippen molar-refractivity contribution in [2.75, 3.05) is 62.8 Å². The van der Waals surface area contributed by atoms with E-state index in [4.69, 9.17) is 16.6 Å². The lowest BCUT2D eigenvalue weighted by atomic mass is 10.2. The summed E-state index contributed by atoms with van der Waals surface area (Å²) in [5.74, 6) is 0.767. The Balaban J connectivity index is 1.40. The van der Waals surface area contributed by atoms with Crippen LogP contribution in [-0.2, 0) is 23.6 Å². The zero-order chi connectivity index (χ0) is 31.7. The lowest BCUT2D eigenvalue weighted by molar-refractivity contribution is 0.431. The van der Waals surface area contributed by atoms with E-state index < -0.39 is 15.6 Å². The highest BCUT2D eigenvalue weighted by Crippen LogP contribution is 2.30. The first-order valence-corrected chi connectivity index (χ1v) is 16.4. The fraction of sp³-hybridized carbons (Fsp3) is 0.345. The van der Waals surface area contributed by atoms with Gasteiger partial charge in [-0.25, -0.2) is 27.3 Å². The predicted molar refractivity (Wildman–Crippen MR) is 175 cm³/mol. The smallest absolute Gasteiger partial charge is 0.263 e. The standard InChI is InChI=1S/C29H34ClN11O3S/c1-37(2)14-15-45(43,44)41-13-9-32-25(41)19-40-26-20(16-22(28(40)42)27-33-8-10-38(27)3)18-34-29(36-26)35-21-4-5-24(23(30)17-21)39-11-6-31-7-12-39/h4-5,8-10,13,16-18,31H,6-7,11-12,14-15,19H2,1-3H3,(H,34,35,36). The summed E-state index contributed by atoms with van der Waals surface area (Å²) in [5, 5.41) is 7.70. The van der Waals surface area contributed by atoms with E-state index in [1.54, 1.807) is 55.3 Å². The van der Waals surface area contributed by atoms with E-state index in [0.717, 1.165) is 35.8 Å². The molecule has 0 amide bonds. The molecular formula is C29H34ClN11O3S. The number of benzene rings is 1. The van der Waals surface area contributed by atoms with Crippen molar-refractivity contribution in [2.24, 2.45) is 7.05 Å². The minimum Gasteiger partial charge on any atom is -0.368 e. The lowest BCUT2D eigenvalue weighted by Gasteiger charge is -2.30. The fourth-order valence-corrected chi connectivity index (χ4v) is 7.01. The molecule has 1 aliphatic heterocycles. The zero-order valence-electron chi connectivity index (χ0n) is 25.2. The molecule has 1 aromatic carbocycles. The molecular weight excluding hydrogens is 618 g/mol. The quantitative estimate of drug-likeness (QED) is 0.228. The van der Waals surface area contributed by atoms with Gasteiger partial charge in [-0.05, 0) is 38.4 Å². The third kappa shape index (κ3) is 6.42. The summed E-state index contributed by atoms with van der Waals surface area (Å²) in [7, 11) is 1.67. The Hall–Kier alpha value is -4.31. The molecule has 0 unspecified atom stereocenters. The molecule has 0 spiro atoms. The summed E-state index contributed by atoms with van der Waals surface area (Å²) in [6, 6.07) is 7.38. The normalized spacial score (nSPS) is 14.0. The highest BCUT2D eigenvalue weighted by atomic mass is 35.5. The molecule has 16 heteroatoms. The van der Waals surface area contributed by atoms with Crippen LogP contribution in [0.4, 0.5) is 17.3 Å². The van der Waals surface area contributed by atoms with Gasteiger partial charge in [-0.3, -0.25) is 9.36 Å². The van der Waals surface area contributed by atoms with Gasteiger partial charge >= 0.3 is 0 Å². The number of fused-ring (bicyclic) bond motifs is 1. The summed E-state index contributed by atoms with van der Waals surface area (Å²) >= 11 is 6.66. The van der Waals surface area contributed by atoms with E-state index in [0.29, 0.717) is 39.7 Å². The van der Waals surface area contributed by atoms with E-state index >= 15 is 0 Å². The van der Waals surface area contributed by atoms with Crippen LogP contribution in [-0.4, -0.2) is 98.9 Å². The van der Waals surface area contributed by atoms with Crippen LogP contribution >= 0.6 is 11.6 Å². The Morgan fingerprint density at radius 3 is 2.56 bits per heavy atom. The Labute approximate surface area is 265 Å². The number of imidazole rings is 2. The lowest BCUT2D eigenvalue weighted by Crippen LogP contribution is -2.43. The molecule has 0 radical (unpaired) electrons. The maximum Gasteiger partial charge on any atom is 0.263 e. The molecule has 14 nitrogen and oxygen atoms in total. The van der Waals surface area contributed by atoms with Crippen LogP contribution in [0.25, 0.3) is 22.4 Å². The number of pyridine rings is 1. The van der Waals surface area contributed by atoms with Crippen LogP contribution in [0.2, 0.25) is 5.02 Å². The summed E-state index contributed by atoms with van der Waals surface area (Å²) in [4.78, 5) is 36.0. The van der Waals surface area contributed by atoms with Gasteiger partial charge in [0.15, 0.2) is 0 Å². The number of rotatable bonds is 10. The third-order valence-corrected chi connectivity index (χ3v) is 9.56. The summed E-state index contributed by atoms with van der Waals surface area (Å²) in [5.41, 5.74) is 1.86. The number of nitrogens with zero attached hydrogens (tertiary/aromatic N) is 9. The number of piperazine rings is 1. The largest absolute Gasteiger partial charge is 0.368 e. The maximum atomic E-state index is 14.0. The van der Waals surface area contributed by atoms with Crippen molar-refractivity contribution in [1.29, 1.82) is 0 Å². The number of hydrogen-bond donors (Lipinski definition) is 2. The van der Waals surface area contributed by atoms with E-state index in [1.165, 1.54) is 17.0 Å². The fourth-order valence-electron chi connectivity index (χ4n) is 5.25. The molecule has 236 valence electrons. The van der Waals surface area contributed by atoms with E-state index in [9.17, 15) is 13.2 Å². The van der Waals surface area contributed by atoms with Gasteiger partial charge in [0, 0.05) is 81.8 Å². The maximum absolute atomic E-state index is 14.0. The van der Waals surface area contributed by atoms with Crippen LogP contribution in [0.5, 0.6) is 0 Å². The summed E-state index contributed by atoms with van der Waals surface area (Å²) in [6.45, 7) is 3.71. The SMILES string of the molecule is CN(C)CCS(=O)(=O)n1ccnc1Cn1c(=O)c(-c2nccn2C)cc2cnc(Nc3ccc(N4CCNCC4)c(Cl)c3)nc21. The Bertz CT molecular complexity index is 2010. The van der Waals surface area contributed by atoms with Gasteiger partial charge in [0.05, 0.1) is 28.6 Å². The molecule has 6 rings (SSSR count). The number of halogens is 1. The van der Waals surface area contributed by atoms with Crippen molar-refractivity contribution < 1.29 is 8.42 Å². The molecule has 45 heavy (non-hydrogen) atoms. The molecule has 0 bridgehead atoms. The molecule has 0 saturated carbocycles. The number of aromatic nitrogens is 7. The van der Waals surface area contributed by atoms with Gasteiger partial charge in [-0.1, -0.05) is 11.6 Å². The number of nitrogens with one attached hydrogen (secondary N) is 2. The minimum absolute atomic E-state index is 0.113. The first-order valence-electron chi connectivity index (χ1n) is 14.4. The second-order valence-electron chi connectivity index (χ2n) is 11.1. The van der Waals surface area contributed by atoms with Crippen molar-refractivity contribution in [1.82, 2.24) is 43.3 Å². The van der Waals surface area contributed by atoms with Crippen molar-refractivity contribution >= 4 is 50.0 Å². The van der Waals surface area contributed by atoms with Crippen LogP contribution in [0, 0.1) is 0 Å². The van der Waals surface area contributed by atoms with Gasteiger partial charge in [-0.2, -0.15) is 4.98 Å². The number of hydrogen-bond acceptors (Lipinski definition) is 11. The van der Waals surface area contributed by atoms with Crippen molar-refractivity contribution in [2.45, 2.75) is 6.54 Å². The zero-order valence-corrected chi connectivity index (χ0v) is 26.8. The van der Waals surface area contributed by atoms with Crippen molar-refractivity contribution in [3.05, 3.63) is 76.5 Å². The Morgan fingerprint density at radius 1 is 1.07 bits per heavy atom. The molecule has 0 aliphatic carbocycles. The van der Waals surface area contributed by atoms with Crippen LogP contribution in [0.1, 0.15) is 5.82 Å². The molecule has 4 aromatic heterocycles. The van der Waals surface area contributed by atoms with Gasteiger partial charge in [0.1, 0.15) is 17.3 Å². The van der Waals surface area contributed by atoms with E-state index in [1.807, 2.05) is 18.2 Å². The van der Waals surface area contributed by atoms with E-state index in [2.05, 4.69) is 30.5 Å². The van der Waals surface area contributed by atoms with Crippen LogP contribution in [0.3, 0.4) is 0 Å².